The lowest BCUT2D eigenvalue weighted by Gasteiger charge is -2.03. The molecule has 0 saturated heterocycles. The highest BCUT2D eigenvalue weighted by atomic mass is 35.5. The molecule has 2 rings (SSSR count). The van der Waals surface area contributed by atoms with Crippen LogP contribution in [-0.2, 0) is 12.8 Å². The third-order valence-electron chi connectivity index (χ3n) is 2.75. The van der Waals surface area contributed by atoms with Gasteiger partial charge >= 0.3 is 0 Å². The van der Waals surface area contributed by atoms with Crippen molar-refractivity contribution in [2.24, 2.45) is 0 Å². The predicted octanol–water partition coefficient (Wildman–Crippen LogP) is 4.03. The van der Waals surface area contributed by atoms with Crippen molar-refractivity contribution in [2.75, 3.05) is 0 Å². The molecular formula is C14H12ClNO2. The maximum atomic E-state index is 10.8. The number of hydrogen-bond donors (Lipinski definition) is 0. The topological polar surface area (TPSA) is 43.1 Å². The Balaban J connectivity index is 2.11. The summed E-state index contributed by atoms with van der Waals surface area (Å²) in [6.07, 6.45) is 1.63. The minimum absolute atomic E-state index is 0.0257. The van der Waals surface area contributed by atoms with Gasteiger partial charge in [-0.3, -0.25) is 10.1 Å². The zero-order valence-electron chi connectivity index (χ0n) is 9.67. The fourth-order valence-corrected chi connectivity index (χ4v) is 1.97. The van der Waals surface area contributed by atoms with E-state index < -0.39 is 4.92 Å². The van der Waals surface area contributed by atoms with Crippen molar-refractivity contribution in [3.05, 3.63) is 74.8 Å². The number of hydrogen-bond acceptors (Lipinski definition) is 2. The van der Waals surface area contributed by atoms with Gasteiger partial charge in [-0.1, -0.05) is 48.0 Å². The van der Waals surface area contributed by atoms with Gasteiger partial charge in [0.25, 0.3) is 5.69 Å². The Morgan fingerprint density at radius 2 is 1.67 bits per heavy atom. The summed E-state index contributed by atoms with van der Waals surface area (Å²) < 4.78 is 0. The fourth-order valence-electron chi connectivity index (χ4n) is 1.79. The third-order valence-corrected chi connectivity index (χ3v) is 3.07. The first-order chi connectivity index (χ1) is 8.66. The Labute approximate surface area is 110 Å². The van der Waals surface area contributed by atoms with Gasteiger partial charge in [0.2, 0.25) is 0 Å². The van der Waals surface area contributed by atoms with E-state index in [0.29, 0.717) is 0 Å². The second kappa shape index (κ2) is 5.65. The Hall–Kier alpha value is -1.87. The lowest BCUT2D eigenvalue weighted by atomic mass is 10.0. The van der Waals surface area contributed by atoms with Gasteiger partial charge in [-0.25, -0.2) is 0 Å². The van der Waals surface area contributed by atoms with Crippen LogP contribution in [0.4, 0.5) is 5.69 Å². The van der Waals surface area contributed by atoms with Crippen molar-refractivity contribution >= 4 is 17.3 Å². The fraction of sp³-hybridized carbons (Fsp3) is 0.143. The smallest absolute Gasteiger partial charge is 0.258 e. The maximum Gasteiger partial charge on any atom is 0.288 e. The summed E-state index contributed by atoms with van der Waals surface area (Å²) in [4.78, 5) is 10.3. The standard InChI is InChI=1S/C14H12ClNO2/c15-13-9-8-12(10-14(13)16(17)18)7-6-11-4-2-1-3-5-11/h1-5,8-10H,6-7H2. The Morgan fingerprint density at radius 1 is 1.00 bits per heavy atom. The van der Waals surface area contributed by atoms with Gasteiger partial charge in [0.1, 0.15) is 5.02 Å². The van der Waals surface area contributed by atoms with Gasteiger partial charge in [0.15, 0.2) is 0 Å². The Kier molecular flexibility index (Phi) is 3.95. The van der Waals surface area contributed by atoms with Crippen molar-refractivity contribution in [2.45, 2.75) is 12.8 Å². The monoisotopic (exact) mass is 261 g/mol. The van der Waals surface area contributed by atoms with E-state index in [2.05, 4.69) is 0 Å². The van der Waals surface area contributed by atoms with Crippen molar-refractivity contribution in [3.63, 3.8) is 0 Å². The SMILES string of the molecule is O=[N+]([O-])c1cc(CCc2ccccc2)ccc1Cl. The van der Waals surface area contributed by atoms with Crippen LogP contribution in [0.15, 0.2) is 48.5 Å². The largest absolute Gasteiger partial charge is 0.288 e. The van der Waals surface area contributed by atoms with Crippen LogP contribution >= 0.6 is 11.6 Å². The van der Waals surface area contributed by atoms with Crippen LogP contribution in [-0.4, -0.2) is 4.92 Å². The summed E-state index contributed by atoms with van der Waals surface area (Å²) in [6, 6.07) is 15.0. The lowest BCUT2D eigenvalue weighted by Crippen LogP contribution is -1.94. The molecule has 0 radical (unpaired) electrons. The Bertz CT molecular complexity index is 555. The molecule has 92 valence electrons. The quantitative estimate of drug-likeness (QED) is 0.616. The van der Waals surface area contributed by atoms with Crippen LogP contribution in [0, 0.1) is 10.1 Å². The number of nitro groups is 1. The predicted molar refractivity (Wildman–Crippen MR) is 72.0 cm³/mol. The molecule has 2 aromatic rings. The van der Waals surface area contributed by atoms with Crippen LogP contribution in [0.5, 0.6) is 0 Å². The third kappa shape index (κ3) is 3.08. The molecule has 0 unspecified atom stereocenters. The van der Waals surface area contributed by atoms with E-state index in [4.69, 9.17) is 11.6 Å². The molecule has 18 heavy (non-hydrogen) atoms. The van der Waals surface area contributed by atoms with E-state index in [9.17, 15) is 10.1 Å². The zero-order chi connectivity index (χ0) is 13.0. The van der Waals surface area contributed by atoms with Crippen LogP contribution in [0.25, 0.3) is 0 Å². The number of aryl methyl sites for hydroxylation is 2. The first-order valence-electron chi connectivity index (χ1n) is 5.63. The number of halogens is 1. The van der Waals surface area contributed by atoms with Crippen LogP contribution in [0.3, 0.4) is 0 Å². The van der Waals surface area contributed by atoms with Gasteiger partial charge in [-0.05, 0) is 30.0 Å². The maximum absolute atomic E-state index is 10.8. The van der Waals surface area contributed by atoms with E-state index in [1.165, 1.54) is 5.56 Å². The first kappa shape index (κ1) is 12.6. The second-order valence-electron chi connectivity index (χ2n) is 4.03. The lowest BCUT2D eigenvalue weighted by molar-refractivity contribution is -0.384. The number of nitro benzene ring substituents is 1. The molecule has 0 spiro atoms. The van der Waals surface area contributed by atoms with Gasteiger partial charge in [-0.15, -0.1) is 0 Å². The summed E-state index contributed by atoms with van der Waals surface area (Å²) in [5, 5.41) is 11.0. The van der Waals surface area contributed by atoms with E-state index in [-0.39, 0.29) is 10.7 Å². The number of benzene rings is 2. The molecule has 0 saturated carbocycles. The molecule has 2 aromatic carbocycles. The molecule has 0 N–H and O–H groups in total. The van der Waals surface area contributed by atoms with Crippen LogP contribution in [0.2, 0.25) is 5.02 Å². The van der Waals surface area contributed by atoms with Gasteiger partial charge in [0, 0.05) is 6.07 Å². The molecule has 0 atom stereocenters. The normalized spacial score (nSPS) is 10.3. The molecule has 0 aliphatic carbocycles. The van der Waals surface area contributed by atoms with Crippen molar-refractivity contribution < 1.29 is 4.92 Å². The molecule has 0 aromatic heterocycles. The average molecular weight is 262 g/mol. The highest BCUT2D eigenvalue weighted by Gasteiger charge is 2.12. The summed E-state index contributed by atoms with van der Waals surface area (Å²) in [5.41, 5.74) is 2.12. The minimum Gasteiger partial charge on any atom is -0.258 e. The molecule has 0 aliphatic heterocycles. The van der Waals surface area contributed by atoms with Crippen LogP contribution < -0.4 is 0 Å². The highest BCUT2D eigenvalue weighted by Crippen LogP contribution is 2.25. The van der Waals surface area contributed by atoms with E-state index in [1.54, 1.807) is 12.1 Å². The second-order valence-corrected chi connectivity index (χ2v) is 4.44. The van der Waals surface area contributed by atoms with Gasteiger partial charge in [0.05, 0.1) is 4.92 Å². The molecule has 0 amide bonds. The van der Waals surface area contributed by atoms with Crippen LogP contribution in [0.1, 0.15) is 11.1 Å². The van der Waals surface area contributed by atoms with Gasteiger partial charge in [-0.2, -0.15) is 0 Å². The Morgan fingerprint density at radius 3 is 2.33 bits per heavy atom. The molecule has 0 fully saturated rings. The van der Waals surface area contributed by atoms with Crippen molar-refractivity contribution in [1.29, 1.82) is 0 Å². The highest BCUT2D eigenvalue weighted by molar-refractivity contribution is 6.32. The van der Waals surface area contributed by atoms with Gasteiger partial charge < -0.3 is 0 Å². The van der Waals surface area contributed by atoms with E-state index >= 15 is 0 Å². The molecule has 0 heterocycles. The zero-order valence-corrected chi connectivity index (χ0v) is 10.4. The van der Waals surface area contributed by atoms with Crippen molar-refractivity contribution in [3.8, 4) is 0 Å². The van der Waals surface area contributed by atoms with E-state index in [0.717, 1.165) is 18.4 Å². The minimum atomic E-state index is -0.450. The average Bonchev–Trinajstić information content (AvgIpc) is 2.38. The number of rotatable bonds is 4. The molecule has 3 nitrogen and oxygen atoms in total. The molecule has 4 heteroatoms. The summed E-state index contributed by atoms with van der Waals surface area (Å²) in [5.74, 6) is 0. The molecule has 0 aliphatic rings. The number of nitrogens with zero attached hydrogens (tertiary/aromatic N) is 1. The first-order valence-corrected chi connectivity index (χ1v) is 6.01. The summed E-state index contributed by atoms with van der Waals surface area (Å²) in [7, 11) is 0. The summed E-state index contributed by atoms with van der Waals surface area (Å²) in [6.45, 7) is 0. The summed E-state index contributed by atoms with van der Waals surface area (Å²) >= 11 is 5.77. The van der Waals surface area contributed by atoms with Crippen molar-refractivity contribution in [1.82, 2.24) is 0 Å². The molecule has 0 bridgehead atoms. The molecular weight excluding hydrogens is 250 g/mol. The van der Waals surface area contributed by atoms with E-state index in [1.807, 2.05) is 36.4 Å².